The Balaban J connectivity index is 1.04. The van der Waals surface area contributed by atoms with Crippen LogP contribution >= 0.6 is 23.4 Å². The van der Waals surface area contributed by atoms with E-state index in [0.29, 0.717) is 12.1 Å². The molecule has 6 rings (SSSR count). The van der Waals surface area contributed by atoms with Gasteiger partial charge in [-0.2, -0.15) is 0 Å². The fraction of sp³-hybridized carbons (Fsp3) is 0.340. The number of aryl methyl sites for hydroxylation is 1. The lowest BCUT2D eigenvalue weighted by Gasteiger charge is -2.36. The van der Waals surface area contributed by atoms with Crippen molar-refractivity contribution in [3.05, 3.63) is 143 Å². The number of benzene rings is 5. The maximum absolute atomic E-state index is 13.5. The zero-order valence-electron chi connectivity index (χ0n) is 34.2. The molecule has 5 aromatic carbocycles. The molecule has 0 unspecified atom stereocenters. The third-order valence-corrected chi connectivity index (χ3v) is 13.5. The van der Waals surface area contributed by atoms with E-state index in [4.69, 9.17) is 11.6 Å². The maximum Gasteiger partial charge on any atom is 0.264 e. The summed E-state index contributed by atoms with van der Waals surface area (Å²) in [5.74, 6) is 0.202. The number of nitrogens with zero attached hydrogens (tertiary/aromatic N) is 3. The highest BCUT2D eigenvalue weighted by Gasteiger charge is 2.23. The minimum atomic E-state index is -4.11. The van der Waals surface area contributed by atoms with Gasteiger partial charge in [0.05, 0.1) is 4.90 Å². The number of nitrogens with one attached hydrogen (secondary N) is 2. The Kier molecular flexibility index (Phi) is 15.0. The van der Waals surface area contributed by atoms with Gasteiger partial charge in [0.15, 0.2) is 0 Å². The van der Waals surface area contributed by atoms with E-state index in [0.717, 1.165) is 79.0 Å². The molecule has 11 heteroatoms. The molecule has 0 radical (unpaired) electrons. The number of sulfonamides is 1. The molecule has 5 aromatic rings. The number of carbonyl (C=O) groups is 1. The van der Waals surface area contributed by atoms with Crippen LogP contribution in [0.4, 0.5) is 11.4 Å². The first-order valence-corrected chi connectivity index (χ1v) is 23.0. The molecule has 0 aromatic heterocycles. The number of rotatable bonds is 17. The van der Waals surface area contributed by atoms with Gasteiger partial charge in [0.2, 0.25) is 0 Å². The predicted octanol–water partition coefficient (Wildman–Crippen LogP) is 9.84. The summed E-state index contributed by atoms with van der Waals surface area (Å²) in [5.41, 5.74) is 6.61. The van der Waals surface area contributed by atoms with Crippen molar-refractivity contribution in [2.45, 2.75) is 75.5 Å². The van der Waals surface area contributed by atoms with Crippen LogP contribution in [0.2, 0.25) is 5.02 Å². The Morgan fingerprint density at radius 3 is 2.12 bits per heavy atom. The number of halogens is 1. The smallest absolute Gasteiger partial charge is 0.264 e. The SMILES string of the molecule is Cc1cc(S(=O)(=O)NC(=O)c2ccc(N3CCN(Cc4ccccc4-c4ccc(Cl)cc4)CC3)cc2)ccc1N[C@H](CCN(C(C)C)C(C)C)CSc1ccccc1. The van der Waals surface area contributed by atoms with Crippen LogP contribution in [0.1, 0.15) is 55.6 Å². The molecule has 0 aliphatic carbocycles. The summed E-state index contributed by atoms with van der Waals surface area (Å²) in [7, 11) is -4.11. The van der Waals surface area contributed by atoms with E-state index in [1.165, 1.54) is 16.0 Å². The number of carbonyl (C=O) groups excluding carboxylic acids is 1. The standard InChI is InChI=1S/C47H56ClN5O3S2/c1-34(2)53(35(3)4)26-25-41(33-57-43-12-7-6-8-13-43)49-46-24-23-44(31-36(46)5)58(55,56)50-47(54)38-17-21-42(22-18-38)52-29-27-51(28-30-52)32-39-11-9-10-14-45(39)37-15-19-40(48)20-16-37/h6-24,31,34-35,41,49H,25-30,32-33H2,1-5H3,(H,50,54)/t41-/m1/s1. The second-order valence-corrected chi connectivity index (χ2v) is 18.8. The van der Waals surface area contributed by atoms with E-state index in [1.807, 2.05) is 55.1 Å². The molecule has 1 aliphatic heterocycles. The van der Waals surface area contributed by atoms with Gasteiger partial charge in [-0.1, -0.05) is 66.2 Å². The number of hydrogen-bond acceptors (Lipinski definition) is 8. The molecule has 1 aliphatic rings. The van der Waals surface area contributed by atoms with E-state index < -0.39 is 15.9 Å². The number of anilines is 2. The summed E-state index contributed by atoms with van der Waals surface area (Å²) in [5, 5.41) is 4.44. The normalized spacial score (nSPS) is 14.3. The van der Waals surface area contributed by atoms with Crippen molar-refractivity contribution in [1.29, 1.82) is 0 Å². The van der Waals surface area contributed by atoms with Gasteiger partial charge in [-0.25, -0.2) is 13.1 Å². The fourth-order valence-corrected chi connectivity index (χ4v) is 9.73. The molecular formula is C47H56ClN5O3S2. The van der Waals surface area contributed by atoms with Crippen molar-refractivity contribution in [2.24, 2.45) is 0 Å². The lowest BCUT2D eigenvalue weighted by atomic mass is 9.99. The molecule has 2 N–H and O–H groups in total. The van der Waals surface area contributed by atoms with Crippen molar-refractivity contribution in [2.75, 3.05) is 48.7 Å². The monoisotopic (exact) mass is 837 g/mol. The highest BCUT2D eigenvalue weighted by molar-refractivity contribution is 7.99. The van der Waals surface area contributed by atoms with Crippen LogP contribution < -0.4 is 14.9 Å². The molecule has 1 heterocycles. The van der Waals surface area contributed by atoms with Gasteiger partial charge in [0, 0.05) is 90.0 Å². The van der Waals surface area contributed by atoms with E-state index in [-0.39, 0.29) is 16.5 Å². The van der Waals surface area contributed by atoms with Crippen molar-refractivity contribution < 1.29 is 13.2 Å². The molecule has 0 saturated carbocycles. The summed E-state index contributed by atoms with van der Waals surface area (Å²) in [6.45, 7) is 16.1. The van der Waals surface area contributed by atoms with Crippen molar-refractivity contribution >= 4 is 50.7 Å². The van der Waals surface area contributed by atoms with Crippen molar-refractivity contribution in [1.82, 2.24) is 14.5 Å². The quantitative estimate of drug-likeness (QED) is 0.0897. The Labute approximate surface area is 355 Å². The molecule has 1 fully saturated rings. The van der Waals surface area contributed by atoms with Gasteiger partial charge < -0.3 is 10.2 Å². The first-order valence-electron chi connectivity index (χ1n) is 20.2. The van der Waals surface area contributed by atoms with Gasteiger partial charge in [-0.05, 0) is 130 Å². The average Bonchev–Trinajstić information content (AvgIpc) is 3.21. The first-order chi connectivity index (χ1) is 27.9. The highest BCUT2D eigenvalue weighted by atomic mass is 35.5. The summed E-state index contributed by atoms with van der Waals surface area (Å²) in [6, 6.07) is 40.1. The summed E-state index contributed by atoms with van der Waals surface area (Å²) in [6.07, 6.45) is 0.932. The number of thioether (sulfide) groups is 1. The average molecular weight is 839 g/mol. The Morgan fingerprint density at radius 1 is 0.810 bits per heavy atom. The van der Waals surface area contributed by atoms with Gasteiger partial charge in [0.1, 0.15) is 0 Å². The number of piperazine rings is 1. The Bertz CT molecular complexity index is 2200. The molecule has 1 saturated heterocycles. The Morgan fingerprint density at radius 2 is 1.47 bits per heavy atom. The van der Waals surface area contributed by atoms with E-state index in [9.17, 15) is 13.2 Å². The molecule has 0 spiro atoms. The first kappa shape index (κ1) is 43.3. The third-order valence-electron chi connectivity index (χ3n) is 10.8. The topological polar surface area (TPSA) is 85.0 Å². The molecule has 8 nitrogen and oxygen atoms in total. The minimum absolute atomic E-state index is 0.0511. The van der Waals surface area contributed by atoms with Gasteiger partial charge in [-0.15, -0.1) is 11.8 Å². The maximum atomic E-state index is 13.5. The molecule has 58 heavy (non-hydrogen) atoms. The second-order valence-electron chi connectivity index (χ2n) is 15.6. The largest absolute Gasteiger partial charge is 0.381 e. The zero-order chi connectivity index (χ0) is 41.2. The van der Waals surface area contributed by atoms with Gasteiger partial charge >= 0.3 is 0 Å². The molecule has 306 valence electrons. The van der Waals surface area contributed by atoms with E-state index in [2.05, 4.69) is 113 Å². The fourth-order valence-electron chi connectivity index (χ4n) is 7.55. The van der Waals surface area contributed by atoms with Crippen LogP contribution in [0.3, 0.4) is 0 Å². The molecule has 1 atom stereocenters. The summed E-state index contributed by atoms with van der Waals surface area (Å²) < 4.78 is 29.2. The van der Waals surface area contributed by atoms with Crippen molar-refractivity contribution in [3.8, 4) is 11.1 Å². The van der Waals surface area contributed by atoms with Crippen LogP contribution in [-0.2, 0) is 16.6 Å². The lowest BCUT2D eigenvalue weighted by molar-refractivity contribution is 0.0981. The van der Waals surface area contributed by atoms with Crippen LogP contribution in [0.15, 0.2) is 131 Å². The third kappa shape index (κ3) is 11.7. The predicted molar refractivity (Wildman–Crippen MR) is 243 cm³/mol. The zero-order valence-corrected chi connectivity index (χ0v) is 36.6. The van der Waals surface area contributed by atoms with Crippen LogP contribution in [0, 0.1) is 6.92 Å². The van der Waals surface area contributed by atoms with E-state index >= 15 is 0 Å². The van der Waals surface area contributed by atoms with E-state index in [1.54, 1.807) is 24.3 Å². The summed E-state index contributed by atoms with van der Waals surface area (Å²) in [4.78, 5) is 21.8. The van der Waals surface area contributed by atoms with Crippen LogP contribution in [-0.4, -0.2) is 80.7 Å². The second kappa shape index (κ2) is 20.1. The van der Waals surface area contributed by atoms with Crippen molar-refractivity contribution in [3.63, 3.8) is 0 Å². The summed E-state index contributed by atoms with van der Waals surface area (Å²) >= 11 is 7.95. The minimum Gasteiger partial charge on any atom is -0.381 e. The number of hydrogen-bond donors (Lipinski definition) is 2. The molecule has 1 amide bonds. The van der Waals surface area contributed by atoms with Gasteiger partial charge in [0.25, 0.3) is 15.9 Å². The lowest BCUT2D eigenvalue weighted by Crippen LogP contribution is -2.46. The van der Waals surface area contributed by atoms with Crippen LogP contribution in [0.5, 0.6) is 0 Å². The molecular weight excluding hydrogens is 782 g/mol. The molecule has 0 bridgehead atoms. The number of amides is 1. The Hall–Kier alpha value is -4.32. The van der Waals surface area contributed by atoms with Crippen LogP contribution in [0.25, 0.3) is 11.1 Å². The highest BCUT2D eigenvalue weighted by Crippen LogP contribution is 2.28. The van der Waals surface area contributed by atoms with Gasteiger partial charge in [-0.3, -0.25) is 14.6 Å².